The van der Waals surface area contributed by atoms with Crippen molar-refractivity contribution in [3.63, 3.8) is 0 Å². The third-order valence-corrected chi connectivity index (χ3v) is 8.89. The average Bonchev–Trinajstić information content (AvgIpc) is 3.40. The fourth-order valence-corrected chi connectivity index (χ4v) is 6.38. The van der Waals surface area contributed by atoms with Crippen molar-refractivity contribution in [3.05, 3.63) is 58.1 Å². The van der Waals surface area contributed by atoms with Crippen LogP contribution in [-0.2, 0) is 26.2 Å². The summed E-state index contributed by atoms with van der Waals surface area (Å²) in [6.45, 7) is 2.04. The number of anilines is 1. The molecule has 0 heterocycles. The number of benzene rings is 2. The molecule has 0 spiro atoms. The molecular weight excluding hydrogens is 561 g/mol. The average molecular weight is 599 g/mol. The van der Waals surface area contributed by atoms with Crippen molar-refractivity contribution in [1.29, 1.82) is 0 Å². The van der Waals surface area contributed by atoms with E-state index in [1.54, 1.807) is 42.5 Å². The summed E-state index contributed by atoms with van der Waals surface area (Å²) in [6.07, 6.45) is 5.84. The van der Waals surface area contributed by atoms with Gasteiger partial charge in [-0.05, 0) is 62.1 Å². The van der Waals surface area contributed by atoms with Crippen molar-refractivity contribution < 1.29 is 22.7 Å². The molecule has 11 heteroatoms. The molecule has 3 rings (SSSR count). The third kappa shape index (κ3) is 8.50. The Morgan fingerprint density at radius 1 is 1.08 bits per heavy atom. The highest BCUT2D eigenvalue weighted by Crippen LogP contribution is 2.28. The van der Waals surface area contributed by atoms with Crippen molar-refractivity contribution in [2.24, 2.45) is 0 Å². The predicted molar refractivity (Wildman–Crippen MR) is 156 cm³/mol. The number of carbonyl (C=O) groups is 2. The van der Waals surface area contributed by atoms with Crippen molar-refractivity contribution in [3.8, 4) is 5.75 Å². The second-order valence-corrected chi connectivity index (χ2v) is 12.5. The Morgan fingerprint density at radius 2 is 1.69 bits per heavy atom. The lowest BCUT2D eigenvalue weighted by molar-refractivity contribution is -0.141. The molecule has 0 aliphatic heterocycles. The monoisotopic (exact) mass is 597 g/mol. The normalized spacial score (nSPS) is 14.6. The summed E-state index contributed by atoms with van der Waals surface area (Å²) in [7, 11) is -2.06. The Hall–Kier alpha value is -2.49. The number of hydrogen-bond acceptors (Lipinski definition) is 5. The van der Waals surface area contributed by atoms with Gasteiger partial charge in [0.2, 0.25) is 21.8 Å². The van der Waals surface area contributed by atoms with E-state index in [0.717, 1.165) is 31.9 Å². The van der Waals surface area contributed by atoms with Gasteiger partial charge >= 0.3 is 0 Å². The molecule has 0 unspecified atom stereocenters. The van der Waals surface area contributed by atoms with Crippen LogP contribution in [0, 0.1) is 0 Å². The summed E-state index contributed by atoms with van der Waals surface area (Å²) in [5.41, 5.74) is 1.05. The largest absolute Gasteiger partial charge is 0.497 e. The summed E-state index contributed by atoms with van der Waals surface area (Å²) >= 11 is 12.8. The van der Waals surface area contributed by atoms with Gasteiger partial charge in [0.05, 0.1) is 19.1 Å². The van der Waals surface area contributed by atoms with Gasteiger partial charge < -0.3 is 15.0 Å². The molecule has 2 aromatic carbocycles. The summed E-state index contributed by atoms with van der Waals surface area (Å²) in [6, 6.07) is 11.2. The van der Waals surface area contributed by atoms with Crippen molar-refractivity contribution >= 4 is 50.7 Å². The third-order valence-electron chi connectivity index (χ3n) is 6.99. The highest BCUT2D eigenvalue weighted by atomic mass is 35.5. The minimum Gasteiger partial charge on any atom is -0.497 e. The number of ether oxygens (including phenoxy) is 1. The Labute approximate surface area is 241 Å². The number of sulfonamides is 1. The molecular formula is C28H37Cl2N3O5S. The number of amides is 2. The maximum Gasteiger partial charge on any atom is 0.243 e. The summed E-state index contributed by atoms with van der Waals surface area (Å²) in [4.78, 5) is 28.5. The quantitative estimate of drug-likeness (QED) is 0.333. The molecule has 2 amide bonds. The molecule has 1 N–H and O–H groups in total. The maximum atomic E-state index is 13.6. The molecule has 214 valence electrons. The first-order valence-electron chi connectivity index (χ1n) is 13.2. The molecule has 1 fully saturated rings. The SMILES string of the molecule is CC[C@@H](C(=O)NC1CCCC1)N(Cc1c(Cl)cccc1Cl)C(=O)CCCN(c1ccc(OC)cc1)S(C)(=O)=O. The van der Waals surface area contributed by atoms with Crippen LogP contribution >= 0.6 is 23.2 Å². The van der Waals surface area contributed by atoms with Crippen LogP contribution in [0.5, 0.6) is 5.75 Å². The smallest absolute Gasteiger partial charge is 0.243 e. The van der Waals surface area contributed by atoms with E-state index in [2.05, 4.69) is 5.32 Å². The van der Waals surface area contributed by atoms with Crippen LogP contribution in [0.1, 0.15) is 57.4 Å². The van der Waals surface area contributed by atoms with Gasteiger partial charge in [0.1, 0.15) is 11.8 Å². The fourth-order valence-electron chi connectivity index (χ4n) is 4.89. The van der Waals surface area contributed by atoms with E-state index in [1.165, 1.54) is 16.3 Å². The van der Waals surface area contributed by atoms with Crippen LogP contribution in [0.4, 0.5) is 5.69 Å². The zero-order valence-electron chi connectivity index (χ0n) is 22.7. The van der Waals surface area contributed by atoms with Gasteiger partial charge in [0, 0.05) is 41.2 Å². The van der Waals surface area contributed by atoms with E-state index in [4.69, 9.17) is 27.9 Å². The minimum atomic E-state index is -3.59. The number of nitrogens with zero attached hydrogens (tertiary/aromatic N) is 2. The van der Waals surface area contributed by atoms with Gasteiger partial charge in [-0.3, -0.25) is 13.9 Å². The van der Waals surface area contributed by atoms with Gasteiger partial charge in [-0.15, -0.1) is 0 Å². The lowest BCUT2D eigenvalue weighted by Gasteiger charge is -2.32. The van der Waals surface area contributed by atoms with Gasteiger partial charge in [0.15, 0.2) is 0 Å². The first kappa shape index (κ1) is 31.0. The Balaban J connectivity index is 1.79. The van der Waals surface area contributed by atoms with Crippen LogP contribution in [0.2, 0.25) is 10.0 Å². The first-order valence-corrected chi connectivity index (χ1v) is 15.8. The molecule has 8 nitrogen and oxygen atoms in total. The minimum absolute atomic E-state index is 0.0391. The highest BCUT2D eigenvalue weighted by Gasteiger charge is 2.31. The van der Waals surface area contributed by atoms with E-state index < -0.39 is 16.1 Å². The maximum absolute atomic E-state index is 13.6. The Kier molecular flexibility index (Phi) is 11.3. The van der Waals surface area contributed by atoms with E-state index >= 15 is 0 Å². The lowest BCUT2D eigenvalue weighted by atomic mass is 10.1. The van der Waals surface area contributed by atoms with Crippen molar-refractivity contribution in [2.75, 3.05) is 24.2 Å². The highest BCUT2D eigenvalue weighted by molar-refractivity contribution is 7.92. The Morgan fingerprint density at radius 3 is 2.23 bits per heavy atom. The predicted octanol–water partition coefficient (Wildman–Crippen LogP) is 5.41. The fraction of sp³-hybridized carbons (Fsp3) is 0.500. The molecule has 1 aliphatic rings. The number of carbonyl (C=O) groups excluding carboxylic acids is 2. The van der Waals surface area contributed by atoms with Gasteiger partial charge in [-0.25, -0.2) is 8.42 Å². The number of methoxy groups -OCH3 is 1. The van der Waals surface area contributed by atoms with Crippen LogP contribution in [-0.4, -0.2) is 57.1 Å². The standard InChI is InChI=1S/C28H37Cl2N3O5S/c1-4-26(28(35)31-20-9-5-6-10-20)32(19-23-24(29)11-7-12-25(23)30)27(34)13-8-18-33(39(3,36)37)21-14-16-22(38-2)17-15-21/h7,11-12,14-17,20,26H,4-6,8-10,13,18-19H2,1-3H3,(H,31,35)/t26-/m0/s1. The van der Waals surface area contributed by atoms with Gasteiger partial charge in [-0.1, -0.05) is 49.0 Å². The van der Waals surface area contributed by atoms with Crippen molar-refractivity contribution in [1.82, 2.24) is 10.2 Å². The molecule has 0 aromatic heterocycles. The molecule has 1 atom stereocenters. The van der Waals surface area contributed by atoms with Crippen LogP contribution < -0.4 is 14.4 Å². The number of halogens is 2. The van der Waals surface area contributed by atoms with Gasteiger partial charge in [0.25, 0.3) is 0 Å². The molecule has 39 heavy (non-hydrogen) atoms. The molecule has 1 aliphatic carbocycles. The van der Waals surface area contributed by atoms with E-state index in [-0.39, 0.29) is 43.8 Å². The molecule has 1 saturated carbocycles. The van der Waals surface area contributed by atoms with Gasteiger partial charge in [-0.2, -0.15) is 0 Å². The van der Waals surface area contributed by atoms with Crippen LogP contribution in [0.25, 0.3) is 0 Å². The zero-order valence-corrected chi connectivity index (χ0v) is 25.0. The summed E-state index contributed by atoms with van der Waals surface area (Å²) in [5.74, 6) is 0.136. The van der Waals surface area contributed by atoms with Crippen LogP contribution in [0.3, 0.4) is 0 Å². The Bertz CT molecular complexity index is 1210. The van der Waals surface area contributed by atoms with E-state index in [0.29, 0.717) is 33.5 Å². The second kappa shape index (κ2) is 14.2. The molecule has 0 saturated heterocycles. The first-order chi connectivity index (χ1) is 18.5. The van der Waals surface area contributed by atoms with E-state index in [1.807, 2.05) is 6.92 Å². The van der Waals surface area contributed by atoms with E-state index in [9.17, 15) is 18.0 Å². The molecule has 0 radical (unpaired) electrons. The summed E-state index contributed by atoms with van der Waals surface area (Å²) < 4.78 is 31.5. The lowest BCUT2D eigenvalue weighted by Crippen LogP contribution is -2.51. The molecule has 0 bridgehead atoms. The number of nitrogens with one attached hydrogen (secondary N) is 1. The van der Waals surface area contributed by atoms with Crippen molar-refractivity contribution in [2.45, 2.75) is 70.5 Å². The topological polar surface area (TPSA) is 96.0 Å². The summed E-state index contributed by atoms with van der Waals surface area (Å²) in [5, 5.41) is 3.93. The molecule has 2 aromatic rings. The number of hydrogen-bond donors (Lipinski definition) is 1. The second-order valence-electron chi connectivity index (χ2n) is 9.77. The zero-order chi connectivity index (χ0) is 28.6. The number of rotatable bonds is 13. The van der Waals surface area contributed by atoms with Crippen LogP contribution in [0.15, 0.2) is 42.5 Å².